The number of aryl methyl sites for hydroxylation is 1. The first-order chi connectivity index (χ1) is 14.0. The molecule has 0 atom stereocenters. The number of carbonyl (C=O) groups excluding carboxylic acids is 1. The van der Waals surface area contributed by atoms with Gasteiger partial charge in [0, 0.05) is 24.4 Å². The average Bonchev–Trinajstić information content (AvgIpc) is 3.05. The summed E-state index contributed by atoms with van der Waals surface area (Å²) in [5, 5.41) is 1.28. The quantitative estimate of drug-likeness (QED) is 0.484. The van der Waals surface area contributed by atoms with Gasteiger partial charge in [-0.3, -0.25) is 9.69 Å². The Morgan fingerprint density at radius 3 is 2.35 bits per heavy atom. The summed E-state index contributed by atoms with van der Waals surface area (Å²) in [6.07, 6.45) is 1.32. The standard InChI is InChI=1S/C21H24ClN3O3S2.ClH/c1-14-11-16(22)13-18-20(14)23-21(29-18)25(10-9-24(2)3)19(26)12-15-5-7-17(8-6-15)30(4,27)28;/h5-8,11,13H,9-10,12H2,1-4H3;1H. The molecule has 3 aromatic rings. The summed E-state index contributed by atoms with van der Waals surface area (Å²) < 4.78 is 24.2. The number of anilines is 1. The number of nitrogens with zero attached hydrogens (tertiary/aromatic N) is 3. The zero-order valence-electron chi connectivity index (χ0n) is 17.8. The Bertz CT molecular complexity index is 1180. The zero-order chi connectivity index (χ0) is 22.1. The molecule has 1 amide bonds. The average molecular weight is 502 g/mol. The minimum atomic E-state index is -3.27. The molecule has 0 aliphatic rings. The van der Waals surface area contributed by atoms with Crippen LogP contribution in [0.5, 0.6) is 0 Å². The molecule has 0 saturated heterocycles. The number of aromatic nitrogens is 1. The molecule has 0 aliphatic heterocycles. The molecule has 1 heterocycles. The van der Waals surface area contributed by atoms with Gasteiger partial charge in [0.25, 0.3) is 0 Å². The van der Waals surface area contributed by atoms with E-state index in [9.17, 15) is 13.2 Å². The van der Waals surface area contributed by atoms with Gasteiger partial charge in [-0.2, -0.15) is 0 Å². The lowest BCUT2D eigenvalue weighted by molar-refractivity contribution is -0.118. The summed E-state index contributed by atoms with van der Waals surface area (Å²) in [6, 6.07) is 10.2. The number of sulfone groups is 1. The van der Waals surface area contributed by atoms with E-state index in [1.54, 1.807) is 17.0 Å². The molecular formula is C21H25Cl2N3O3S2. The third-order valence-corrected chi connectivity index (χ3v) is 7.02. The van der Waals surface area contributed by atoms with Crippen LogP contribution in [0.4, 0.5) is 5.13 Å². The summed E-state index contributed by atoms with van der Waals surface area (Å²) in [4.78, 5) is 21.8. The number of thiazole rings is 1. The summed E-state index contributed by atoms with van der Waals surface area (Å²) in [5.74, 6) is -0.0910. The van der Waals surface area contributed by atoms with Crippen LogP contribution < -0.4 is 4.90 Å². The Kier molecular flexibility index (Phi) is 8.47. The van der Waals surface area contributed by atoms with Crippen molar-refractivity contribution in [2.45, 2.75) is 18.2 Å². The van der Waals surface area contributed by atoms with Gasteiger partial charge in [-0.05, 0) is 56.4 Å². The maximum absolute atomic E-state index is 13.2. The zero-order valence-corrected chi connectivity index (χ0v) is 21.0. The molecule has 10 heteroatoms. The van der Waals surface area contributed by atoms with Crippen LogP contribution in [-0.4, -0.2) is 57.6 Å². The molecule has 0 saturated carbocycles. The third-order valence-electron chi connectivity index (χ3n) is 4.65. The van der Waals surface area contributed by atoms with Gasteiger partial charge in [0.1, 0.15) is 0 Å². The van der Waals surface area contributed by atoms with Crippen LogP contribution in [0.25, 0.3) is 10.2 Å². The number of hydrogen-bond donors (Lipinski definition) is 0. The lowest BCUT2D eigenvalue weighted by Gasteiger charge is -2.22. The summed E-state index contributed by atoms with van der Waals surface area (Å²) in [7, 11) is 0.638. The van der Waals surface area contributed by atoms with E-state index in [2.05, 4.69) is 0 Å². The van der Waals surface area contributed by atoms with Gasteiger partial charge in [0.15, 0.2) is 15.0 Å². The van der Waals surface area contributed by atoms with Gasteiger partial charge in [-0.1, -0.05) is 35.1 Å². The van der Waals surface area contributed by atoms with Crippen molar-refractivity contribution >= 4 is 66.4 Å². The molecule has 0 bridgehead atoms. The first kappa shape index (κ1) is 25.5. The molecule has 0 fully saturated rings. The lowest BCUT2D eigenvalue weighted by atomic mass is 10.1. The molecule has 1 aromatic heterocycles. The Morgan fingerprint density at radius 2 is 1.77 bits per heavy atom. The highest BCUT2D eigenvalue weighted by atomic mass is 35.5. The Morgan fingerprint density at radius 1 is 1.13 bits per heavy atom. The number of benzene rings is 2. The molecule has 0 spiro atoms. The molecular weight excluding hydrogens is 477 g/mol. The van der Waals surface area contributed by atoms with Gasteiger partial charge in [-0.15, -0.1) is 12.4 Å². The van der Waals surface area contributed by atoms with Crippen molar-refractivity contribution in [3.63, 3.8) is 0 Å². The Balaban J connectivity index is 0.00000341. The number of likely N-dealkylation sites (N-methyl/N-ethyl adjacent to an activating group) is 1. The van der Waals surface area contributed by atoms with Crippen LogP contribution in [0.2, 0.25) is 5.02 Å². The molecule has 0 unspecified atom stereocenters. The number of halogens is 2. The van der Waals surface area contributed by atoms with E-state index >= 15 is 0 Å². The second kappa shape index (κ2) is 10.3. The largest absolute Gasteiger partial charge is 0.308 e. The minimum absolute atomic E-state index is 0. The minimum Gasteiger partial charge on any atom is -0.308 e. The molecule has 168 valence electrons. The van der Waals surface area contributed by atoms with Crippen molar-refractivity contribution < 1.29 is 13.2 Å². The van der Waals surface area contributed by atoms with Crippen molar-refractivity contribution in [3.8, 4) is 0 Å². The van der Waals surface area contributed by atoms with Crippen molar-refractivity contribution in [3.05, 3.63) is 52.5 Å². The Labute approximate surface area is 198 Å². The van der Waals surface area contributed by atoms with Crippen molar-refractivity contribution in [2.75, 3.05) is 38.3 Å². The second-order valence-corrected chi connectivity index (χ2v) is 11.0. The van der Waals surface area contributed by atoms with Crippen molar-refractivity contribution in [1.82, 2.24) is 9.88 Å². The molecule has 0 radical (unpaired) electrons. The number of rotatable bonds is 7. The van der Waals surface area contributed by atoms with Gasteiger partial charge < -0.3 is 4.90 Å². The molecule has 2 aromatic carbocycles. The van der Waals surface area contributed by atoms with Gasteiger partial charge in [0.05, 0.1) is 21.5 Å². The summed E-state index contributed by atoms with van der Waals surface area (Å²) in [6.45, 7) is 3.14. The highest BCUT2D eigenvalue weighted by molar-refractivity contribution is 7.90. The van der Waals surface area contributed by atoms with Crippen molar-refractivity contribution in [2.24, 2.45) is 0 Å². The monoisotopic (exact) mass is 501 g/mol. The summed E-state index contributed by atoms with van der Waals surface area (Å²) >= 11 is 7.62. The maximum Gasteiger partial charge on any atom is 0.233 e. The van der Waals surface area contributed by atoms with Crippen LogP contribution >= 0.6 is 35.3 Å². The van der Waals surface area contributed by atoms with Gasteiger partial charge in [-0.25, -0.2) is 13.4 Å². The fourth-order valence-corrected chi connectivity index (χ4v) is 5.10. The molecule has 31 heavy (non-hydrogen) atoms. The van der Waals surface area contributed by atoms with E-state index in [-0.39, 0.29) is 29.6 Å². The highest BCUT2D eigenvalue weighted by Crippen LogP contribution is 2.33. The van der Waals surface area contributed by atoms with E-state index in [0.29, 0.717) is 23.2 Å². The number of hydrogen-bond acceptors (Lipinski definition) is 6. The van der Waals surface area contributed by atoms with E-state index in [1.165, 1.54) is 23.5 Å². The van der Waals surface area contributed by atoms with E-state index in [1.807, 2.05) is 38.1 Å². The smallest absolute Gasteiger partial charge is 0.233 e. The van der Waals surface area contributed by atoms with Gasteiger partial charge in [0.2, 0.25) is 5.91 Å². The molecule has 0 N–H and O–H groups in total. The number of fused-ring (bicyclic) bond motifs is 1. The van der Waals surface area contributed by atoms with E-state index < -0.39 is 9.84 Å². The van der Waals surface area contributed by atoms with Crippen LogP contribution in [0.3, 0.4) is 0 Å². The van der Waals surface area contributed by atoms with E-state index in [4.69, 9.17) is 16.6 Å². The fourth-order valence-electron chi connectivity index (χ4n) is 3.01. The van der Waals surface area contributed by atoms with Gasteiger partial charge >= 0.3 is 0 Å². The molecule has 3 rings (SSSR count). The summed E-state index contributed by atoms with van der Waals surface area (Å²) in [5.41, 5.74) is 2.57. The molecule has 0 aliphatic carbocycles. The van der Waals surface area contributed by atoms with Crippen LogP contribution in [0.15, 0.2) is 41.3 Å². The molecule has 6 nitrogen and oxygen atoms in total. The highest BCUT2D eigenvalue weighted by Gasteiger charge is 2.21. The number of carbonyl (C=O) groups is 1. The maximum atomic E-state index is 13.2. The van der Waals surface area contributed by atoms with Crippen molar-refractivity contribution in [1.29, 1.82) is 0 Å². The van der Waals surface area contributed by atoms with Crippen LogP contribution in [-0.2, 0) is 21.1 Å². The fraction of sp³-hybridized carbons (Fsp3) is 0.333. The van der Waals surface area contributed by atoms with Crippen LogP contribution in [0.1, 0.15) is 11.1 Å². The lowest BCUT2D eigenvalue weighted by Crippen LogP contribution is -2.37. The normalized spacial score (nSPS) is 11.5. The first-order valence-electron chi connectivity index (χ1n) is 9.35. The topological polar surface area (TPSA) is 70.6 Å². The third kappa shape index (κ3) is 6.40. The van der Waals surface area contributed by atoms with Crippen LogP contribution in [0, 0.1) is 6.92 Å². The van der Waals surface area contributed by atoms with E-state index in [0.717, 1.165) is 27.6 Å². The predicted octanol–water partition coefficient (Wildman–Crippen LogP) is 4.22. The predicted molar refractivity (Wildman–Crippen MR) is 131 cm³/mol. The second-order valence-electron chi connectivity index (χ2n) is 7.51. The Hall–Kier alpha value is -1.71. The number of amides is 1. The SMILES string of the molecule is Cc1cc(Cl)cc2sc(N(CCN(C)C)C(=O)Cc3ccc(S(C)(=O)=O)cc3)nc12.Cl. The first-order valence-corrected chi connectivity index (χ1v) is 12.4.